The Labute approximate surface area is 46.4 Å². The highest BCUT2D eigenvalue weighted by atomic mass is 15.0. The molecular formula is C4H10N2. The molecule has 1 rings (SSSR count). The van der Waals surface area contributed by atoms with Crippen molar-refractivity contribution in [2.75, 3.05) is 26.0 Å². The molecule has 0 saturated carbocycles. The Morgan fingerprint density at radius 1 is 1.17 bits per heavy atom. The van der Waals surface area contributed by atoms with Crippen LogP contribution < -0.4 is 10.6 Å². The Kier molecular flexibility index (Phi) is 0.363. The van der Waals surface area contributed by atoms with E-state index in [1.54, 1.807) is 0 Å². The van der Waals surface area contributed by atoms with E-state index in [4.69, 9.17) is 8.22 Å². The molecule has 0 amide bonds. The predicted octanol–water partition coefficient (Wildman–Crippen LogP) is -0.821. The van der Waals surface area contributed by atoms with Crippen LogP contribution >= 0.6 is 0 Å². The van der Waals surface area contributed by atoms with Gasteiger partial charge in [-0.05, 0) is 0 Å². The van der Waals surface area contributed by atoms with Crippen LogP contribution in [0.2, 0.25) is 0 Å². The molecule has 1 fully saturated rings. The summed E-state index contributed by atoms with van der Waals surface area (Å²) in [6.07, 6.45) is 0. The smallest absolute Gasteiger partial charge is 0.0441 e. The van der Waals surface area contributed by atoms with Crippen molar-refractivity contribution >= 4 is 0 Å². The molecule has 1 heterocycles. The summed E-state index contributed by atoms with van der Waals surface area (Å²) in [5.74, 6) is 0. The molecule has 2 heteroatoms. The van der Waals surface area contributed by atoms with Gasteiger partial charge in [-0.1, -0.05) is 0 Å². The van der Waals surface area contributed by atoms with Gasteiger partial charge in [-0.3, -0.25) is 0 Å². The van der Waals surface area contributed by atoms with Crippen molar-refractivity contribution in [3.05, 3.63) is 0 Å². The molecule has 2 N–H and O–H groups in total. The zero-order chi connectivity index (χ0) is 9.57. The average molecular weight is 92.2 g/mol. The lowest BCUT2D eigenvalue weighted by molar-refractivity contribution is 0.534. The lowest BCUT2D eigenvalue weighted by Crippen LogP contribution is -2.39. The van der Waals surface area contributed by atoms with E-state index in [0.29, 0.717) is 0 Å². The van der Waals surface area contributed by atoms with Crippen LogP contribution in [0.3, 0.4) is 0 Å². The summed E-state index contributed by atoms with van der Waals surface area (Å²) >= 11 is 0. The summed E-state index contributed by atoms with van der Waals surface area (Å²) in [5, 5.41) is 4.14. The van der Waals surface area contributed by atoms with E-state index in [2.05, 4.69) is 5.32 Å². The molecule has 0 radical (unpaired) electrons. The first-order valence-electron chi connectivity index (χ1n) is 4.81. The van der Waals surface area contributed by atoms with Gasteiger partial charge < -0.3 is 10.6 Å². The van der Waals surface area contributed by atoms with Crippen molar-refractivity contribution in [2.24, 2.45) is 0 Å². The zero-order valence-corrected chi connectivity index (χ0v) is 3.15. The van der Waals surface area contributed by atoms with Gasteiger partial charge in [0.25, 0.3) is 0 Å². The Balaban J connectivity index is 2.78. The highest BCUT2D eigenvalue weighted by Gasteiger charge is 1.91. The van der Waals surface area contributed by atoms with Gasteiger partial charge in [-0.2, -0.15) is 0 Å². The molecule has 0 aromatic heterocycles. The second-order valence-corrected chi connectivity index (χ2v) is 0.869. The topological polar surface area (TPSA) is 24.1 Å². The lowest BCUT2D eigenvalue weighted by atomic mass is 10.4. The minimum absolute atomic E-state index is 1.32. The predicted molar refractivity (Wildman–Crippen MR) is 25.7 cm³/mol. The molecule has 0 aromatic rings. The van der Waals surface area contributed by atoms with Gasteiger partial charge in [-0.25, -0.2) is 0 Å². The van der Waals surface area contributed by atoms with Crippen molar-refractivity contribution < 1.29 is 8.22 Å². The van der Waals surface area contributed by atoms with E-state index < -0.39 is 26.0 Å². The van der Waals surface area contributed by atoms with Gasteiger partial charge in [0.05, 0.1) is 0 Å². The summed E-state index contributed by atoms with van der Waals surface area (Å²) < 4.78 is 42.9. The summed E-state index contributed by atoms with van der Waals surface area (Å²) in [7, 11) is 0. The highest BCUT2D eigenvalue weighted by molar-refractivity contribution is 4.59. The SMILES string of the molecule is [2H]C1NC([2H])C([2H])([2H])NC1([2H])[2H]. The monoisotopic (exact) mass is 92.1 g/mol. The molecule has 2 atom stereocenters. The normalized spacial score (nSPS) is 80.0. The zero-order valence-electron chi connectivity index (χ0n) is 9.15. The molecule has 1 aliphatic rings. The van der Waals surface area contributed by atoms with Crippen molar-refractivity contribution in [1.82, 2.24) is 10.6 Å². The van der Waals surface area contributed by atoms with Crippen molar-refractivity contribution in [3.63, 3.8) is 0 Å². The van der Waals surface area contributed by atoms with Crippen LogP contribution in [-0.2, 0) is 0 Å². The van der Waals surface area contributed by atoms with Crippen molar-refractivity contribution in [1.29, 1.82) is 0 Å². The molecule has 0 aliphatic carbocycles. The van der Waals surface area contributed by atoms with E-state index in [-0.39, 0.29) is 0 Å². The van der Waals surface area contributed by atoms with Crippen molar-refractivity contribution in [3.8, 4) is 0 Å². The summed E-state index contributed by atoms with van der Waals surface area (Å²) in [6, 6.07) is 0. The third kappa shape index (κ3) is 0.954. The number of hydrogen-bond acceptors (Lipinski definition) is 2. The molecule has 6 heavy (non-hydrogen) atoms. The first kappa shape index (κ1) is 1.01. The van der Waals surface area contributed by atoms with E-state index >= 15 is 0 Å². The third-order valence-electron chi connectivity index (χ3n) is 0.455. The van der Waals surface area contributed by atoms with E-state index in [1.165, 1.54) is 0 Å². The fraction of sp³-hybridized carbons (Fsp3) is 1.00. The standard InChI is InChI=1S/C4H10N2/c1-2-6-4-3-5-1/h5-6H,1-4H2/i1D,2D2,3D,4D2. The molecule has 1 aliphatic heterocycles. The fourth-order valence-electron chi connectivity index (χ4n) is 0.239. The van der Waals surface area contributed by atoms with Crippen LogP contribution in [0.5, 0.6) is 0 Å². The first-order chi connectivity index (χ1) is 5.26. The van der Waals surface area contributed by atoms with Crippen LogP contribution in [0.25, 0.3) is 0 Å². The highest BCUT2D eigenvalue weighted by Crippen LogP contribution is 1.65. The largest absolute Gasteiger partial charge is 0.314 e. The molecular weight excluding hydrogens is 76.1 g/mol. The maximum Gasteiger partial charge on any atom is 0.0441 e. The fourth-order valence-corrected chi connectivity index (χ4v) is 0.239. The van der Waals surface area contributed by atoms with Crippen molar-refractivity contribution in [2.45, 2.75) is 0 Å². The number of rotatable bonds is 0. The average Bonchev–Trinajstić information content (AvgIpc) is 1.82. The minimum atomic E-state index is -2.14. The third-order valence-corrected chi connectivity index (χ3v) is 0.455. The van der Waals surface area contributed by atoms with Crippen LogP contribution in [-0.4, -0.2) is 26.0 Å². The number of nitrogens with one attached hydrogen (secondary N) is 2. The Hall–Kier alpha value is -0.0800. The van der Waals surface area contributed by atoms with Crippen LogP contribution in [0.15, 0.2) is 0 Å². The maximum atomic E-state index is 7.16. The molecule has 0 bridgehead atoms. The van der Waals surface area contributed by atoms with E-state index in [9.17, 15) is 0 Å². The molecule has 2 nitrogen and oxygen atoms in total. The van der Waals surface area contributed by atoms with Gasteiger partial charge in [0.2, 0.25) is 0 Å². The molecule has 1 saturated heterocycles. The van der Waals surface area contributed by atoms with E-state index in [1.807, 2.05) is 5.32 Å². The minimum Gasteiger partial charge on any atom is -0.314 e. The Bertz CT molecular complexity index is 164. The van der Waals surface area contributed by atoms with Gasteiger partial charge in [-0.15, -0.1) is 0 Å². The van der Waals surface area contributed by atoms with Gasteiger partial charge in [0, 0.05) is 34.3 Å². The van der Waals surface area contributed by atoms with Crippen LogP contribution in [0.4, 0.5) is 0 Å². The van der Waals surface area contributed by atoms with E-state index in [0.717, 1.165) is 0 Å². The summed E-state index contributed by atoms with van der Waals surface area (Å²) in [5.41, 5.74) is 0. The van der Waals surface area contributed by atoms with Gasteiger partial charge in [0.1, 0.15) is 0 Å². The summed E-state index contributed by atoms with van der Waals surface area (Å²) in [6.45, 7) is -6.91. The molecule has 0 spiro atoms. The van der Waals surface area contributed by atoms with Crippen LogP contribution in [0, 0.1) is 0 Å². The van der Waals surface area contributed by atoms with Crippen LogP contribution in [0.1, 0.15) is 8.22 Å². The lowest BCUT2D eigenvalue weighted by Gasteiger charge is -2.11. The maximum absolute atomic E-state index is 7.16. The number of hydrogen-bond donors (Lipinski definition) is 2. The second-order valence-electron chi connectivity index (χ2n) is 0.869. The second kappa shape index (κ2) is 2.16. The first-order valence-corrected chi connectivity index (χ1v) is 1.65. The summed E-state index contributed by atoms with van der Waals surface area (Å²) in [4.78, 5) is 0. The molecule has 2 unspecified atom stereocenters. The molecule has 36 valence electrons. The Morgan fingerprint density at radius 2 is 1.83 bits per heavy atom. The van der Waals surface area contributed by atoms with Gasteiger partial charge in [0.15, 0.2) is 0 Å². The molecule has 0 aromatic carbocycles. The Morgan fingerprint density at radius 3 is 2.33 bits per heavy atom. The van der Waals surface area contributed by atoms with Gasteiger partial charge >= 0.3 is 0 Å². The number of piperazine rings is 1. The quantitative estimate of drug-likeness (QED) is 0.408.